The number of amides is 1. The molecule has 0 saturated heterocycles. The van der Waals surface area contributed by atoms with Gasteiger partial charge in [-0.1, -0.05) is 12.1 Å². The van der Waals surface area contributed by atoms with Gasteiger partial charge in [-0.05, 0) is 55.8 Å². The van der Waals surface area contributed by atoms with Gasteiger partial charge in [-0.15, -0.1) is 0 Å². The lowest BCUT2D eigenvalue weighted by Gasteiger charge is -2.14. The average Bonchev–Trinajstić information content (AvgIpc) is 2.54. The highest BCUT2D eigenvalue weighted by Crippen LogP contribution is 2.20. The molecule has 0 unspecified atom stereocenters. The Balaban J connectivity index is 2.13. The molecule has 24 heavy (non-hydrogen) atoms. The third-order valence-corrected chi connectivity index (χ3v) is 4.73. The van der Waals surface area contributed by atoms with Crippen LogP contribution >= 0.6 is 0 Å². The van der Waals surface area contributed by atoms with Crippen molar-refractivity contribution < 1.29 is 17.9 Å². The van der Waals surface area contributed by atoms with Crippen LogP contribution in [-0.4, -0.2) is 27.5 Å². The van der Waals surface area contributed by atoms with E-state index < -0.39 is 16.1 Å². The summed E-state index contributed by atoms with van der Waals surface area (Å²) in [6, 6.07) is 13.0. The third-order valence-electron chi connectivity index (χ3n) is 3.33. The number of ether oxygens (including phenoxy) is 1. The second-order valence-corrected chi connectivity index (χ2v) is 7.00. The normalized spacial score (nSPS) is 12.3. The maximum atomic E-state index is 12.4. The van der Waals surface area contributed by atoms with E-state index in [-0.39, 0.29) is 10.8 Å². The first-order valence-electron chi connectivity index (χ1n) is 7.39. The van der Waals surface area contributed by atoms with Gasteiger partial charge in [0.15, 0.2) is 6.10 Å². The van der Waals surface area contributed by atoms with Gasteiger partial charge in [0.2, 0.25) is 0 Å². The topological polar surface area (TPSA) is 84.5 Å². The second kappa shape index (κ2) is 7.35. The lowest BCUT2D eigenvalue weighted by Crippen LogP contribution is -2.33. The number of rotatable bonds is 6. The number of aryl methyl sites for hydroxylation is 1. The molecular formula is C17H20N2O4S. The van der Waals surface area contributed by atoms with Gasteiger partial charge in [-0.3, -0.25) is 9.52 Å². The van der Waals surface area contributed by atoms with Crippen LogP contribution in [0, 0.1) is 6.92 Å². The van der Waals surface area contributed by atoms with Crippen molar-refractivity contribution in [3.63, 3.8) is 0 Å². The fraction of sp³-hybridized carbons (Fsp3) is 0.235. The summed E-state index contributed by atoms with van der Waals surface area (Å²) in [5.41, 5.74) is 1.46. The summed E-state index contributed by atoms with van der Waals surface area (Å²) < 4.78 is 32.7. The van der Waals surface area contributed by atoms with E-state index in [0.29, 0.717) is 11.4 Å². The predicted molar refractivity (Wildman–Crippen MR) is 92.6 cm³/mol. The molecule has 0 aliphatic heterocycles. The van der Waals surface area contributed by atoms with Crippen molar-refractivity contribution in [1.29, 1.82) is 0 Å². The lowest BCUT2D eigenvalue weighted by atomic mass is 10.2. The minimum atomic E-state index is -3.68. The van der Waals surface area contributed by atoms with E-state index in [9.17, 15) is 13.2 Å². The quantitative estimate of drug-likeness (QED) is 0.839. The first-order chi connectivity index (χ1) is 11.3. The van der Waals surface area contributed by atoms with Gasteiger partial charge in [0, 0.05) is 12.7 Å². The maximum Gasteiger partial charge on any atom is 0.261 e. The first-order valence-corrected chi connectivity index (χ1v) is 8.88. The summed E-state index contributed by atoms with van der Waals surface area (Å²) >= 11 is 0. The molecule has 1 amide bonds. The molecule has 0 fully saturated rings. The molecule has 2 N–H and O–H groups in total. The molecule has 0 aromatic heterocycles. The molecule has 0 aliphatic rings. The summed E-state index contributed by atoms with van der Waals surface area (Å²) in [7, 11) is -2.16. The monoisotopic (exact) mass is 348 g/mol. The molecule has 128 valence electrons. The highest BCUT2D eigenvalue weighted by Gasteiger charge is 2.16. The number of benzene rings is 2. The van der Waals surface area contributed by atoms with Crippen LogP contribution in [-0.2, 0) is 14.8 Å². The van der Waals surface area contributed by atoms with Gasteiger partial charge in [0.1, 0.15) is 5.75 Å². The Bertz CT molecular complexity index is 817. The zero-order valence-corrected chi connectivity index (χ0v) is 14.6. The van der Waals surface area contributed by atoms with Crippen molar-refractivity contribution in [2.45, 2.75) is 24.8 Å². The number of nitrogens with one attached hydrogen (secondary N) is 2. The van der Waals surface area contributed by atoms with Crippen LogP contribution in [0.3, 0.4) is 0 Å². The summed E-state index contributed by atoms with van der Waals surface area (Å²) in [4.78, 5) is 11.5. The Morgan fingerprint density at radius 1 is 1.12 bits per heavy atom. The summed E-state index contributed by atoms with van der Waals surface area (Å²) in [6.45, 7) is 3.50. The average molecular weight is 348 g/mol. The van der Waals surface area contributed by atoms with Gasteiger partial charge in [-0.2, -0.15) is 0 Å². The fourth-order valence-corrected chi connectivity index (χ4v) is 3.13. The van der Waals surface area contributed by atoms with Crippen LogP contribution < -0.4 is 14.8 Å². The number of carbonyl (C=O) groups is 1. The van der Waals surface area contributed by atoms with Gasteiger partial charge < -0.3 is 10.1 Å². The summed E-state index contributed by atoms with van der Waals surface area (Å²) in [5, 5.41) is 2.48. The van der Waals surface area contributed by atoms with E-state index in [1.807, 2.05) is 13.0 Å². The molecule has 0 heterocycles. The molecule has 0 radical (unpaired) electrons. The Labute approximate surface area is 141 Å². The van der Waals surface area contributed by atoms with Gasteiger partial charge in [0.25, 0.3) is 15.9 Å². The lowest BCUT2D eigenvalue weighted by molar-refractivity contribution is -0.126. The Morgan fingerprint density at radius 2 is 1.79 bits per heavy atom. The summed E-state index contributed by atoms with van der Waals surface area (Å²) in [5.74, 6) is 0.161. The van der Waals surface area contributed by atoms with Crippen molar-refractivity contribution in [3.05, 3.63) is 54.1 Å². The fourth-order valence-electron chi connectivity index (χ4n) is 2.08. The highest BCUT2D eigenvalue weighted by atomic mass is 32.2. The third kappa shape index (κ3) is 4.48. The molecule has 0 spiro atoms. The van der Waals surface area contributed by atoms with Crippen molar-refractivity contribution >= 4 is 21.6 Å². The minimum absolute atomic E-state index is 0.115. The van der Waals surface area contributed by atoms with Crippen LogP contribution in [0.15, 0.2) is 53.4 Å². The standard InChI is InChI=1S/C17H20N2O4S/c1-12-5-4-6-14(11-12)19-24(21,22)16-9-7-15(8-10-16)23-13(2)17(20)18-3/h4-11,13,19H,1-3H3,(H,18,20)/t13-/m0/s1. The van der Waals surface area contributed by atoms with E-state index in [1.165, 1.54) is 31.3 Å². The number of hydrogen-bond acceptors (Lipinski definition) is 4. The van der Waals surface area contributed by atoms with Gasteiger partial charge >= 0.3 is 0 Å². The molecule has 2 rings (SSSR count). The van der Waals surface area contributed by atoms with Crippen LogP contribution in [0.5, 0.6) is 5.75 Å². The van der Waals surface area contributed by atoms with Gasteiger partial charge in [-0.25, -0.2) is 8.42 Å². The van der Waals surface area contributed by atoms with E-state index in [0.717, 1.165) is 5.56 Å². The highest BCUT2D eigenvalue weighted by molar-refractivity contribution is 7.92. The van der Waals surface area contributed by atoms with Crippen molar-refractivity contribution in [2.75, 3.05) is 11.8 Å². The molecule has 6 nitrogen and oxygen atoms in total. The number of anilines is 1. The molecule has 2 aromatic rings. The first kappa shape index (κ1) is 17.8. The van der Waals surface area contributed by atoms with E-state index in [4.69, 9.17) is 4.74 Å². The van der Waals surface area contributed by atoms with Crippen molar-refractivity contribution in [2.24, 2.45) is 0 Å². The molecule has 1 atom stereocenters. The van der Waals surface area contributed by atoms with Crippen LogP contribution in [0.25, 0.3) is 0 Å². The van der Waals surface area contributed by atoms with Crippen LogP contribution in [0.2, 0.25) is 0 Å². The van der Waals surface area contributed by atoms with Crippen LogP contribution in [0.1, 0.15) is 12.5 Å². The number of carbonyl (C=O) groups excluding carboxylic acids is 1. The summed E-state index contributed by atoms with van der Waals surface area (Å²) in [6.07, 6.45) is -0.664. The van der Waals surface area contributed by atoms with Gasteiger partial charge in [0.05, 0.1) is 4.90 Å². The molecule has 0 saturated carbocycles. The van der Waals surface area contributed by atoms with Crippen LogP contribution in [0.4, 0.5) is 5.69 Å². The van der Waals surface area contributed by atoms with E-state index in [1.54, 1.807) is 25.1 Å². The molecular weight excluding hydrogens is 328 g/mol. The maximum absolute atomic E-state index is 12.4. The smallest absolute Gasteiger partial charge is 0.261 e. The SMILES string of the molecule is CNC(=O)[C@H](C)Oc1ccc(S(=O)(=O)Nc2cccc(C)c2)cc1. The number of hydrogen-bond donors (Lipinski definition) is 2. The number of sulfonamides is 1. The Hall–Kier alpha value is -2.54. The molecule has 2 aromatic carbocycles. The molecule has 7 heteroatoms. The largest absolute Gasteiger partial charge is 0.481 e. The minimum Gasteiger partial charge on any atom is -0.481 e. The zero-order valence-electron chi connectivity index (χ0n) is 13.7. The Morgan fingerprint density at radius 3 is 2.38 bits per heavy atom. The van der Waals surface area contributed by atoms with E-state index in [2.05, 4.69) is 10.0 Å². The molecule has 0 bridgehead atoms. The predicted octanol–water partition coefficient (Wildman–Crippen LogP) is 2.31. The Kier molecular flexibility index (Phi) is 5.46. The zero-order chi connectivity index (χ0) is 17.7. The van der Waals surface area contributed by atoms with E-state index >= 15 is 0 Å². The second-order valence-electron chi connectivity index (χ2n) is 5.32. The molecule has 0 aliphatic carbocycles. The van der Waals surface area contributed by atoms with Crippen molar-refractivity contribution in [1.82, 2.24) is 5.32 Å². The van der Waals surface area contributed by atoms with Crippen molar-refractivity contribution in [3.8, 4) is 5.75 Å². The number of likely N-dealkylation sites (N-methyl/N-ethyl adjacent to an activating group) is 1.